The van der Waals surface area contributed by atoms with Gasteiger partial charge in [0.15, 0.2) is 0 Å². The molecule has 5 heteroatoms. The molecule has 0 aromatic carbocycles. The van der Waals surface area contributed by atoms with Crippen LogP contribution in [0.25, 0.3) is 0 Å². The molecule has 3 N–H and O–H groups in total. The second-order valence-corrected chi connectivity index (χ2v) is 5.92. The van der Waals surface area contributed by atoms with E-state index in [2.05, 4.69) is 5.43 Å². The maximum Gasteiger partial charge on any atom is 0.0989 e. The van der Waals surface area contributed by atoms with Crippen LogP contribution in [0.4, 0.5) is 0 Å². The number of hydrogen-bond donors (Lipinski definition) is 2. The van der Waals surface area contributed by atoms with Gasteiger partial charge in [0.05, 0.1) is 12.9 Å². The van der Waals surface area contributed by atoms with Crippen LogP contribution >= 0.6 is 19.5 Å². The van der Waals surface area contributed by atoms with Crippen molar-refractivity contribution in [1.82, 2.24) is 5.43 Å². The Kier molecular flexibility index (Phi) is 5.79. The summed E-state index contributed by atoms with van der Waals surface area (Å²) in [6.45, 7) is 5.22. The maximum absolute atomic E-state index is 11.0. The van der Waals surface area contributed by atoms with Crippen LogP contribution in [0.1, 0.15) is 6.92 Å². The Morgan fingerprint density at radius 1 is 1.56 bits per heavy atom. The minimum Gasteiger partial charge on any atom is -0.322 e. The maximum atomic E-state index is 11.0. The highest BCUT2D eigenvalue weighted by Crippen LogP contribution is 2.39. The molecule has 1 atom stereocenters. The molecule has 0 fully saturated rings. The standard InChI is InChI=1S/C4H13N2OP.ClH/c1-4(6-5)8(2,3)7;/h4,6H,5H2,1-3H3;1H. The molecule has 9 heavy (non-hydrogen) atoms. The highest BCUT2D eigenvalue weighted by Gasteiger charge is 2.14. The number of nitrogens with one attached hydrogen (secondary N) is 1. The van der Waals surface area contributed by atoms with Crippen LogP contribution in [-0.2, 0) is 4.57 Å². The zero-order valence-electron chi connectivity index (χ0n) is 5.92. The van der Waals surface area contributed by atoms with Gasteiger partial charge in [-0.3, -0.25) is 11.3 Å². The van der Waals surface area contributed by atoms with Crippen molar-refractivity contribution in [2.75, 3.05) is 13.3 Å². The molecule has 1 unspecified atom stereocenters. The lowest BCUT2D eigenvalue weighted by molar-refractivity contribution is 0.561. The largest absolute Gasteiger partial charge is 0.322 e. The summed E-state index contributed by atoms with van der Waals surface area (Å²) >= 11 is 0. The molecule has 0 rings (SSSR count). The fraction of sp³-hybridized carbons (Fsp3) is 1.00. The minimum atomic E-state index is -1.99. The molecule has 0 aromatic rings. The fourth-order valence-corrected chi connectivity index (χ4v) is 0.539. The van der Waals surface area contributed by atoms with Crippen LogP contribution in [0.3, 0.4) is 0 Å². The number of hydrogen-bond acceptors (Lipinski definition) is 3. The first-order valence-electron chi connectivity index (χ1n) is 2.49. The van der Waals surface area contributed by atoms with Crippen LogP contribution in [0.2, 0.25) is 0 Å². The number of halogens is 1. The van der Waals surface area contributed by atoms with E-state index >= 15 is 0 Å². The summed E-state index contributed by atoms with van der Waals surface area (Å²) in [5.74, 6) is 4.97. The lowest BCUT2D eigenvalue weighted by atomic mass is 10.8. The van der Waals surface area contributed by atoms with Crippen LogP contribution < -0.4 is 11.3 Å². The SMILES string of the molecule is CC(NN)P(C)(C)=O.Cl. The predicted octanol–water partition coefficient (Wildman–Crippen LogP) is 0.840. The highest BCUT2D eigenvalue weighted by atomic mass is 35.5. The normalized spacial score (nSPS) is 14.2. The molecular formula is C4H14ClN2OP. The molecule has 3 nitrogen and oxygen atoms in total. The van der Waals surface area contributed by atoms with Gasteiger partial charge >= 0.3 is 0 Å². The quantitative estimate of drug-likeness (QED) is 0.369. The molecule has 0 saturated carbocycles. The Morgan fingerprint density at radius 2 is 1.89 bits per heavy atom. The van der Waals surface area contributed by atoms with Gasteiger partial charge in [0.2, 0.25) is 0 Å². The summed E-state index contributed by atoms with van der Waals surface area (Å²) in [7, 11) is -1.99. The van der Waals surface area contributed by atoms with Crippen molar-refractivity contribution in [2.45, 2.75) is 12.7 Å². The average Bonchev–Trinajstić information content (AvgIpc) is 1.62. The molecule has 0 aliphatic carbocycles. The van der Waals surface area contributed by atoms with Crippen LogP contribution in [0.15, 0.2) is 0 Å². The minimum absolute atomic E-state index is 0. The van der Waals surface area contributed by atoms with Gasteiger partial charge in [-0.1, -0.05) is 0 Å². The molecule has 0 saturated heterocycles. The van der Waals surface area contributed by atoms with Crippen LogP contribution in [-0.4, -0.2) is 19.1 Å². The van der Waals surface area contributed by atoms with E-state index in [1.165, 1.54) is 0 Å². The molecule has 0 amide bonds. The molecule has 0 heterocycles. The van der Waals surface area contributed by atoms with Crippen molar-refractivity contribution in [1.29, 1.82) is 0 Å². The van der Waals surface area contributed by atoms with Crippen molar-refractivity contribution in [2.24, 2.45) is 5.84 Å². The molecule has 58 valence electrons. The van der Waals surface area contributed by atoms with Gasteiger partial charge in [0.1, 0.15) is 0 Å². The monoisotopic (exact) mass is 172 g/mol. The molecular weight excluding hydrogens is 158 g/mol. The Bertz CT molecular complexity index is 113. The summed E-state index contributed by atoms with van der Waals surface area (Å²) in [5.41, 5.74) is 2.44. The molecule has 0 aliphatic heterocycles. The van der Waals surface area contributed by atoms with Gasteiger partial charge < -0.3 is 4.57 Å². The Morgan fingerprint density at radius 3 is 1.89 bits per heavy atom. The van der Waals surface area contributed by atoms with Crippen molar-refractivity contribution in [3.8, 4) is 0 Å². The molecule has 0 aliphatic rings. The first kappa shape index (κ1) is 12.1. The summed E-state index contributed by atoms with van der Waals surface area (Å²) in [6, 6.07) is 0. The van der Waals surface area contributed by atoms with Gasteiger partial charge in [-0.15, -0.1) is 12.4 Å². The van der Waals surface area contributed by atoms with E-state index in [-0.39, 0.29) is 18.2 Å². The number of hydrazine groups is 1. The molecule has 0 spiro atoms. The van der Waals surface area contributed by atoms with Crippen LogP contribution in [0, 0.1) is 0 Å². The Labute approximate surface area is 62.1 Å². The summed E-state index contributed by atoms with van der Waals surface area (Å²) in [6.07, 6.45) is 0. The smallest absolute Gasteiger partial charge is 0.0989 e. The van der Waals surface area contributed by atoms with E-state index in [1.54, 1.807) is 20.3 Å². The average molecular weight is 173 g/mol. The third kappa shape index (κ3) is 4.91. The summed E-state index contributed by atoms with van der Waals surface area (Å²) < 4.78 is 11.0. The van der Waals surface area contributed by atoms with E-state index in [1.807, 2.05) is 0 Å². The molecule has 0 aromatic heterocycles. The number of nitrogens with two attached hydrogens (primary N) is 1. The van der Waals surface area contributed by atoms with Gasteiger partial charge in [-0.05, 0) is 20.3 Å². The zero-order chi connectivity index (χ0) is 6.78. The van der Waals surface area contributed by atoms with Crippen molar-refractivity contribution < 1.29 is 4.57 Å². The van der Waals surface area contributed by atoms with E-state index < -0.39 is 7.14 Å². The Balaban J connectivity index is 0. The van der Waals surface area contributed by atoms with Gasteiger partial charge in [0.25, 0.3) is 0 Å². The van der Waals surface area contributed by atoms with Crippen molar-refractivity contribution in [3.63, 3.8) is 0 Å². The summed E-state index contributed by atoms with van der Waals surface area (Å²) in [4.78, 5) is 0. The highest BCUT2D eigenvalue weighted by molar-refractivity contribution is 7.63. The zero-order valence-corrected chi connectivity index (χ0v) is 7.63. The van der Waals surface area contributed by atoms with E-state index in [0.29, 0.717) is 0 Å². The van der Waals surface area contributed by atoms with Gasteiger partial charge in [0, 0.05) is 0 Å². The van der Waals surface area contributed by atoms with Gasteiger partial charge in [-0.2, -0.15) is 0 Å². The third-order valence-corrected chi connectivity index (χ3v) is 3.19. The molecule has 0 bridgehead atoms. The first-order chi connectivity index (χ1) is 3.48. The topological polar surface area (TPSA) is 55.1 Å². The van der Waals surface area contributed by atoms with Gasteiger partial charge in [-0.25, -0.2) is 0 Å². The lowest BCUT2D eigenvalue weighted by Gasteiger charge is -2.13. The lowest BCUT2D eigenvalue weighted by Crippen LogP contribution is -2.31. The van der Waals surface area contributed by atoms with E-state index in [9.17, 15) is 4.57 Å². The van der Waals surface area contributed by atoms with Crippen molar-refractivity contribution in [3.05, 3.63) is 0 Å². The predicted molar refractivity (Wildman–Crippen MR) is 43.5 cm³/mol. The Hall–Kier alpha value is 0.440. The third-order valence-electron chi connectivity index (χ3n) is 1.17. The second-order valence-electron chi connectivity index (χ2n) is 2.28. The number of rotatable bonds is 2. The second kappa shape index (κ2) is 4.29. The first-order valence-corrected chi connectivity index (χ1v) is 5.16. The van der Waals surface area contributed by atoms with E-state index in [4.69, 9.17) is 5.84 Å². The van der Waals surface area contributed by atoms with Crippen molar-refractivity contribution >= 4 is 19.5 Å². The molecule has 0 radical (unpaired) electrons. The van der Waals surface area contributed by atoms with E-state index in [0.717, 1.165) is 0 Å². The van der Waals surface area contributed by atoms with Crippen LogP contribution in [0.5, 0.6) is 0 Å². The summed E-state index contributed by atoms with van der Waals surface area (Å²) in [5, 5.41) is 0. The fourth-order valence-electron chi connectivity index (χ4n) is 0.180.